The van der Waals surface area contributed by atoms with E-state index in [1.807, 2.05) is 0 Å². The maximum atomic E-state index is 10.3. The van der Waals surface area contributed by atoms with Gasteiger partial charge in [0.15, 0.2) is 0 Å². The van der Waals surface area contributed by atoms with Crippen molar-refractivity contribution in [3.8, 4) is 0 Å². The van der Waals surface area contributed by atoms with Gasteiger partial charge in [-0.2, -0.15) is 0 Å². The predicted octanol–water partition coefficient (Wildman–Crippen LogP) is -7.92. The van der Waals surface area contributed by atoms with Crippen LogP contribution in [0.5, 0.6) is 0 Å². The summed E-state index contributed by atoms with van der Waals surface area (Å²) in [7, 11) is 0. The topological polar surface area (TPSA) is 682 Å². The first-order valence-corrected chi connectivity index (χ1v) is 30.0. The summed E-state index contributed by atoms with van der Waals surface area (Å²) in [5.74, 6) is -1.32. The zero-order valence-electron chi connectivity index (χ0n) is 53.6. The van der Waals surface area contributed by atoms with Gasteiger partial charge in [-0.05, 0) is 12.8 Å². The number of carbonyl (C=O) groups is 2. The molecule has 34 nitrogen and oxygen atoms in total. The van der Waals surface area contributed by atoms with E-state index in [-0.39, 0.29) is 132 Å². The van der Waals surface area contributed by atoms with Gasteiger partial charge in [0.05, 0.1) is 132 Å². The quantitative estimate of drug-likeness (QED) is 0.0252. The zero-order valence-corrected chi connectivity index (χ0v) is 53.6. The van der Waals surface area contributed by atoms with Crippen molar-refractivity contribution in [3.05, 3.63) is 0 Å². The second-order valence-corrected chi connectivity index (χ2v) is 18.8. The summed E-state index contributed by atoms with van der Waals surface area (Å²) in [6.07, 6.45) is 16.3. The van der Waals surface area contributed by atoms with Gasteiger partial charge in [-0.15, -0.1) is 0 Å². The van der Waals surface area contributed by atoms with Crippen molar-refractivity contribution in [2.45, 2.75) is 216 Å². The molecule has 0 aliphatic rings. The van der Waals surface area contributed by atoms with Gasteiger partial charge in [0, 0.05) is 12.8 Å². The van der Waals surface area contributed by atoms with E-state index in [1.165, 1.54) is 103 Å². The van der Waals surface area contributed by atoms with Crippen molar-refractivity contribution in [3.63, 3.8) is 0 Å². The Morgan fingerprint density at radius 1 is 0.189 bits per heavy atom. The van der Waals surface area contributed by atoms with E-state index in [2.05, 4.69) is 13.8 Å². The Labute approximate surface area is 532 Å². The van der Waals surface area contributed by atoms with Crippen LogP contribution in [0.2, 0.25) is 0 Å². The molecule has 0 aliphatic heterocycles. The van der Waals surface area contributed by atoms with Crippen LogP contribution in [0.4, 0.5) is 0 Å². The molecule has 0 aromatic carbocycles. The number of aliphatic carboxylic acids is 2. The summed E-state index contributed by atoms with van der Waals surface area (Å²) in [5.41, 5.74) is 0. The fraction of sp³-hybridized carbons (Fsp3) is 0.964. The first-order chi connectivity index (χ1) is 42.6. The molecule has 34 heteroatoms. The third-order valence-corrected chi connectivity index (χ3v) is 9.70. The molecule has 560 valence electrons. The second-order valence-electron chi connectivity index (χ2n) is 18.8. The van der Waals surface area contributed by atoms with Gasteiger partial charge >= 0.3 is 11.9 Å². The molecule has 0 bridgehead atoms. The highest BCUT2D eigenvalue weighted by atomic mass is 16.4. The van der Waals surface area contributed by atoms with Gasteiger partial charge in [0.25, 0.3) is 0 Å². The Hall–Kier alpha value is -2.26. The maximum absolute atomic E-state index is 10.3. The smallest absolute Gasteiger partial charge is 0.303 e. The molecule has 0 rings (SSSR count). The van der Waals surface area contributed by atoms with Crippen LogP contribution in [-0.4, -0.2) is 369 Å². The fourth-order valence-electron chi connectivity index (χ4n) is 4.10. The van der Waals surface area contributed by atoms with Crippen molar-refractivity contribution in [1.29, 1.82) is 0 Å². The molecule has 0 heterocycles. The Bertz CT molecular complexity index is 946. The van der Waals surface area contributed by atoms with E-state index in [1.54, 1.807) is 0 Å². The first kappa shape index (κ1) is 115. The molecule has 0 saturated heterocycles. The molecule has 0 amide bonds. The van der Waals surface area contributed by atoms with Crippen LogP contribution >= 0.6 is 0 Å². The standard InChI is InChI=1S/C14H28O2.C12H24O2.10C3H8O3/c1-2-3-4-5-6-7-8-9-10-11-12-13-14(15)16;1-2-3-4-5-6-7-8-9-10-11-12(13)14;10*4-1-3(6)2-5/h2-13H2,1H3,(H,15,16);2-11H2,1H3,(H,13,14);10*3-6H,1-2H2. The highest BCUT2D eigenvalue weighted by Crippen LogP contribution is 2.12. The van der Waals surface area contributed by atoms with Crippen LogP contribution < -0.4 is 0 Å². The number of carboxylic acids is 2. The summed E-state index contributed by atoms with van der Waals surface area (Å²) >= 11 is 0. The molecule has 0 atom stereocenters. The average molecular weight is 1350 g/mol. The number of aliphatic hydroxyl groups excluding tert-OH is 30. The van der Waals surface area contributed by atoms with Crippen LogP contribution in [0.1, 0.15) is 155 Å². The van der Waals surface area contributed by atoms with Gasteiger partial charge in [0.2, 0.25) is 0 Å². The van der Waals surface area contributed by atoms with Crippen LogP contribution in [0.25, 0.3) is 0 Å². The summed E-state index contributed by atoms with van der Waals surface area (Å²) in [6, 6.07) is 0. The highest BCUT2D eigenvalue weighted by molar-refractivity contribution is 5.66. The van der Waals surface area contributed by atoms with E-state index in [4.69, 9.17) is 163 Å². The summed E-state index contributed by atoms with van der Waals surface area (Å²) < 4.78 is 0. The van der Waals surface area contributed by atoms with Crippen LogP contribution in [0.15, 0.2) is 0 Å². The van der Waals surface area contributed by atoms with Crippen LogP contribution in [-0.2, 0) is 9.59 Å². The van der Waals surface area contributed by atoms with Gasteiger partial charge in [-0.25, -0.2) is 0 Å². The number of aliphatic hydroxyl groups is 30. The van der Waals surface area contributed by atoms with Crippen molar-refractivity contribution < 1.29 is 173 Å². The number of rotatable bonds is 42. The minimum Gasteiger partial charge on any atom is -0.481 e. The molecule has 0 aliphatic carbocycles. The lowest BCUT2D eigenvalue weighted by molar-refractivity contribution is -0.138. The Morgan fingerprint density at radius 3 is 0.344 bits per heavy atom. The summed E-state index contributed by atoms with van der Waals surface area (Å²) in [6.45, 7) is -2.82. The van der Waals surface area contributed by atoms with E-state index in [0.29, 0.717) is 12.8 Å². The molecular weight excluding hydrogens is 1220 g/mol. The van der Waals surface area contributed by atoms with Crippen LogP contribution in [0.3, 0.4) is 0 Å². The summed E-state index contributed by atoms with van der Waals surface area (Å²) in [5, 5.41) is 257. The normalized spacial score (nSPS) is 10.2. The molecule has 0 aromatic rings. The second kappa shape index (κ2) is 111. The van der Waals surface area contributed by atoms with E-state index >= 15 is 0 Å². The third-order valence-electron chi connectivity index (χ3n) is 9.70. The molecule has 0 radical (unpaired) electrons. The van der Waals surface area contributed by atoms with Crippen molar-refractivity contribution in [1.82, 2.24) is 0 Å². The Kier molecular flexibility index (Phi) is 142. The number of hydrogen-bond acceptors (Lipinski definition) is 32. The number of carboxylic acid groups (broad SMARTS) is 2. The monoisotopic (exact) mass is 1350 g/mol. The fourth-order valence-corrected chi connectivity index (χ4v) is 4.10. The molecule has 0 saturated carbocycles. The minimum absolute atomic E-state index is 0.343. The first-order valence-electron chi connectivity index (χ1n) is 30.0. The average Bonchev–Trinajstić information content (AvgIpc) is 3.58. The molecule has 0 fully saturated rings. The molecule has 32 N–H and O–H groups in total. The van der Waals surface area contributed by atoms with E-state index in [0.717, 1.165) is 25.7 Å². The Balaban J connectivity index is -0.0000000756. The Morgan fingerprint density at radius 2 is 0.278 bits per heavy atom. The lowest BCUT2D eigenvalue weighted by Crippen LogP contribution is -2.15. The molecule has 90 heavy (non-hydrogen) atoms. The number of hydrogen-bond donors (Lipinski definition) is 32. The van der Waals surface area contributed by atoms with Gasteiger partial charge in [0.1, 0.15) is 61.0 Å². The number of unbranched alkanes of at least 4 members (excludes halogenated alkanes) is 18. The van der Waals surface area contributed by atoms with Crippen molar-refractivity contribution in [2.75, 3.05) is 132 Å². The molecule has 0 aromatic heterocycles. The third kappa shape index (κ3) is 162. The SMILES string of the molecule is CCCCCCCCCCCC(=O)O.CCCCCCCCCCCCCC(=O)O.OCC(O)CO.OCC(O)CO.OCC(O)CO.OCC(O)CO.OCC(O)CO.OCC(O)CO.OCC(O)CO.OCC(O)CO.OCC(O)CO.OCC(O)CO. The maximum Gasteiger partial charge on any atom is 0.303 e. The molecule has 0 unspecified atom stereocenters. The molecule has 0 spiro atoms. The minimum atomic E-state index is -0.954. The largest absolute Gasteiger partial charge is 0.481 e. The predicted molar refractivity (Wildman–Crippen MR) is 330 cm³/mol. The highest BCUT2D eigenvalue weighted by Gasteiger charge is 2.01. The van der Waals surface area contributed by atoms with Crippen LogP contribution in [0, 0.1) is 0 Å². The molecular formula is C56H132O34. The van der Waals surface area contributed by atoms with Gasteiger partial charge in [-0.3, -0.25) is 9.59 Å². The lowest BCUT2D eigenvalue weighted by atomic mass is 10.1. The lowest BCUT2D eigenvalue weighted by Gasteiger charge is -2.01. The summed E-state index contributed by atoms with van der Waals surface area (Å²) in [4.78, 5) is 20.5. The van der Waals surface area contributed by atoms with Crippen molar-refractivity contribution >= 4 is 11.9 Å². The van der Waals surface area contributed by atoms with E-state index in [9.17, 15) is 9.59 Å². The van der Waals surface area contributed by atoms with E-state index < -0.39 is 73.0 Å². The van der Waals surface area contributed by atoms with Crippen molar-refractivity contribution in [2.24, 2.45) is 0 Å². The van der Waals surface area contributed by atoms with Gasteiger partial charge < -0.3 is 163 Å². The zero-order chi connectivity index (χ0) is 72.6. The van der Waals surface area contributed by atoms with Gasteiger partial charge in [-0.1, -0.05) is 129 Å².